The first-order valence-electron chi connectivity index (χ1n) is 4.86. The van der Waals surface area contributed by atoms with Crippen molar-refractivity contribution in [1.82, 2.24) is 14.7 Å². The molecule has 2 heterocycles. The molecule has 1 amide bonds. The summed E-state index contributed by atoms with van der Waals surface area (Å²) in [4.78, 5) is 14.1. The molecule has 0 radical (unpaired) electrons. The van der Waals surface area contributed by atoms with Crippen LogP contribution in [0.25, 0.3) is 6.08 Å². The van der Waals surface area contributed by atoms with Gasteiger partial charge in [0.25, 0.3) is 5.91 Å². The summed E-state index contributed by atoms with van der Waals surface area (Å²) in [6.07, 6.45) is 5.40. The van der Waals surface area contributed by atoms with Crippen LogP contribution in [0.2, 0.25) is 0 Å². The third kappa shape index (κ3) is 2.03. The number of likely N-dealkylation sites (N-methyl/N-ethyl adjacent to an activating group) is 1. The lowest BCUT2D eigenvalue weighted by Gasteiger charge is -2.09. The zero-order valence-corrected chi connectivity index (χ0v) is 10.6. The molecule has 0 bridgehead atoms. The topological polar surface area (TPSA) is 38.1 Å². The van der Waals surface area contributed by atoms with Gasteiger partial charge >= 0.3 is 0 Å². The van der Waals surface area contributed by atoms with E-state index < -0.39 is 0 Å². The molecular weight excluding hydrogens is 242 g/mol. The highest BCUT2D eigenvalue weighted by Gasteiger charge is 2.30. The number of aryl methyl sites for hydroxylation is 1. The van der Waals surface area contributed by atoms with Gasteiger partial charge in [-0.05, 0) is 13.0 Å². The number of nitrogens with zero attached hydrogens (tertiary/aromatic N) is 3. The average Bonchev–Trinajstić information content (AvgIpc) is 2.74. The molecule has 0 aliphatic carbocycles. The van der Waals surface area contributed by atoms with Crippen LogP contribution in [-0.4, -0.2) is 31.5 Å². The molecule has 1 aromatic heterocycles. The summed E-state index contributed by atoms with van der Waals surface area (Å²) in [6.45, 7) is 2.53. The van der Waals surface area contributed by atoms with Crippen LogP contribution in [0.4, 0.5) is 0 Å². The lowest BCUT2D eigenvalue weighted by Crippen LogP contribution is -2.27. The van der Waals surface area contributed by atoms with E-state index in [0.29, 0.717) is 15.8 Å². The number of carbonyl (C=O) groups is 1. The van der Waals surface area contributed by atoms with E-state index in [9.17, 15) is 4.79 Å². The molecule has 0 spiro atoms. The van der Waals surface area contributed by atoms with Gasteiger partial charge in [0, 0.05) is 25.4 Å². The molecule has 2 rings (SSSR count). The fourth-order valence-electron chi connectivity index (χ4n) is 1.44. The van der Waals surface area contributed by atoms with E-state index in [-0.39, 0.29) is 5.91 Å². The lowest BCUT2D eigenvalue weighted by atomic mass is 10.3. The highest BCUT2D eigenvalue weighted by atomic mass is 32.2. The number of hydrogen-bond donors (Lipinski definition) is 0. The minimum Gasteiger partial charge on any atom is -0.293 e. The van der Waals surface area contributed by atoms with Crippen molar-refractivity contribution in [2.75, 3.05) is 6.54 Å². The molecule has 84 valence electrons. The standard InChI is InChI=1S/C10H11N3OS2/c1-3-13-9(14)8(16-10(13)15)4-7-5-11-12(2)6-7/h4-6H,3H2,1-2H3/b8-4+. The third-order valence-corrected chi connectivity index (χ3v) is 3.59. The molecule has 0 N–H and O–H groups in total. The van der Waals surface area contributed by atoms with E-state index in [1.807, 2.05) is 26.2 Å². The first-order chi connectivity index (χ1) is 7.61. The molecule has 1 aromatic rings. The maximum absolute atomic E-state index is 11.9. The molecule has 1 aliphatic rings. The summed E-state index contributed by atoms with van der Waals surface area (Å²) < 4.78 is 2.33. The number of aromatic nitrogens is 2. The second-order valence-electron chi connectivity index (χ2n) is 3.37. The van der Waals surface area contributed by atoms with Gasteiger partial charge < -0.3 is 0 Å². The maximum atomic E-state index is 11.9. The normalized spacial score (nSPS) is 18.9. The van der Waals surface area contributed by atoms with Gasteiger partial charge in [-0.3, -0.25) is 14.4 Å². The number of thiocarbonyl (C=S) groups is 1. The van der Waals surface area contributed by atoms with E-state index in [2.05, 4.69) is 5.10 Å². The van der Waals surface area contributed by atoms with Crippen molar-refractivity contribution < 1.29 is 4.79 Å². The van der Waals surface area contributed by atoms with Crippen LogP contribution in [-0.2, 0) is 11.8 Å². The average molecular weight is 253 g/mol. The second-order valence-corrected chi connectivity index (χ2v) is 5.05. The number of rotatable bonds is 2. The first kappa shape index (κ1) is 11.3. The summed E-state index contributed by atoms with van der Waals surface area (Å²) in [5, 5.41) is 4.05. The molecule has 0 saturated carbocycles. The molecule has 0 unspecified atom stereocenters. The van der Waals surface area contributed by atoms with E-state index >= 15 is 0 Å². The maximum Gasteiger partial charge on any atom is 0.266 e. The van der Waals surface area contributed by atoms with E-state index in [1.54, 1.807) is 15.8 Å². The van der Waals surface area contributed by atoms with E-state index in [4.69, 9.17) is 12.2 Å². The number of thioether (sulfide) groups is 1. The Morgan fingerprint density at radius 2 is 2.38 bits per heavy atom. The smallest absolute Gasteiger partial charge is 0.266 e. The summed E-state index contributed by atoms with van der Waals surface area (Å²) in [7, 11) is 1.84. The van der Waals surface area contributed by atoms with Gasteiger partial charge in [-0.25, -0.2) is 0 Å². The SMILES string of the molecule is CCN1C(=O)/C(=C\c2cnn(C)c2)SC1=S. The number of carbonyl (C=O) groups excluding carboxylic acids is 1. The van der Waals surface area contributed by atoms with Crippen molar-refractivity contribution in [2.24, 2.45) is 7.05 Å². The Labute approximate surface area is 103 Å². The predicted octanol–water partition coefficient (Wildman–Crippen LogP) is 1.64. The second kappa shape index (κ2) is 4.39. The summed E-state index contributed by atoms with van der Waals surface area (Å²) >= 11 is 6.46. The van der Waals surface area contributed by atoms with E-state index in [1.165, 1.54) is 11.8 Å². The monoisotopic (exact) mass is 253 g/mol. The van der Waals surface area contributed by atoms with Gasteiger partial charge in [0.2, 0.25) is 0 Å². The van der Waals surface area contributed by atoms with Crippen LogP contribution < -0.4 is 0 Å². The Bertz CT molecular complexity index is 478. The van der Waals surface area contributed by atoms with Gasteiger partial charge in [-0.1, -0.05) is 24.0 Å². The van der Waals surface area contributed by atoms with Crippen molar-refractivity contribution in [1.29, 1.82) is 0 Å². The van der Waals surface area contributed by atoms with Crippen molar-refractivity contribution in [3.05, 3.63) is 22.9 Å². The molecule has 16 heavy (non-hydrogen) atoms. The van der Waals surface area contributed by atoms with Crippen molar-refractivity contribution in [2.45, 2.75) is 6.92 Å². The van der Waals surface area contributed by atoms with Crippen molar-refractivity contribution in [3.8, 4) is 0 Å². The van der Waals surface area contributed by atoms with Gasteiger partial charge in [-0.2, -0.15) is 5.10 Å². The highest BCUT2D eigenvalue weighted by Crippen LogP contribution is 2.31. The molecule has 1 fully saturated rings. The zero-order valence-electron chi connectivity index (χ0n) is 9.01. The number of amides is 1. The quantitative estimate of drug-likeness (QED) is 0.593. The van der Waals surface area contributed by atoms with E-state index in [0.717, 1.165) is 5.56 Å². The zero-order chi connectivity index (χ0) is 11.7. The van der Waals surface area contributed by atoms with Crippen LogP contribution in [0.15, 0.2) is 17.3 Å². The van der Waals surface area contributed by atoms with Crippen molar-refractivity contribution >= 4 is 40.3 Å². The molecular formula is C10H11N3OS2. The molecule has 1 aliphatic heterocycles. The summed E-state index contributed by atoms with van der Waals surface area (Å²) in [6, 6.07) is 0. The Balaban J connectivity index is 2.27. The third-order valence-electron chi connectivity index (χ3n) is 2.21. The van der Waals surface area contributed by atoms with Gasteiger partial charge in [0.05, 0.1) is 11.1 Å². The Hall–Kier alpha value is -1.14. The van der Waals surface area contributed by atoms with Crippen LogP contribution >= 0.6 is 24.0 Å². The highest BCUT2D eigenvalue weighted by molar-refractivity contribution is 8.26. The van der Waals surface area contributed by atoms with Crippen LogP contribution in [0.1, 0.15) is 12.5 Å². The van der Waals surface area contributed by atoms with Crippen molar-refractivity contribution in [3.63, 3.8) is 0 Å². The van der Waals surface area contributed by atoms with Gasteiger partial charge in [0.15, 0.2) is 0 Å². The minimum atomic E-state index is -0.0126. The molecule has 0 aromatic carbocycles. The Morgan fingerprint density at radius 1 is 1.62 bits per heavy atom. The Kier molecular flexibility index (Phi) is 3.11. The molecule has 1 saturated heterocycles. The largest absolute Gasteiger partial charge is 0.293 e. The molecule has 4 nitrogen and oxygen atoms in total. The fourth-order valence-corrected chi connectivity index (χ4v) is 2.82. The lowest BCUT2D eigenvalue weighted by molar-refractivity contribution is -0.121. The van der Waals surface area contributed by atoms with Crippen LogP contribution in [0, 0.1) is 0 Å². The summed E-state index contributed by atoms with van der Waals surface area (Å²) in [5.74, 6) is -0.0126. The van der Waals surface area contributed by atoms with Gasteiger partial charge in [0.1, 0.15) is 4.32 Å². The summed E-state index contributed by atoms with van der Waals surface area (Å²) in [5.41, 5.74) is 0.916. The minimum absolute atomic E-state index is 0.0126. The van der Waals surface area contributed by atoms with Gasteiger partial charge in [-0.15, -0.1) is 0 Å². The van der Waals surface area contributed by atoms with Crippen LogP contribution in [0.5, 0.6) is 0 Å². The predicted molar refractivity (Wildman–Crippen MR) is 68.8 cm³/mol. The number of hydrogen-bond acceptors (Lipinski definition) is 4. The Morgan fingerprint density at radius 3 is 2.88 bits per heavy atom. The van der Waals surface area contributed by atoms with Crippen LogP contribution in [0.3, 0.4) is 0 Å². The molecule has 0 atom stereocenters. The fraction of sp³-hybridized carbons (Fsp3) is 0.300. The first-order valence-corrected chi connectivity index (χ1v) is 6.08. The molecule has 6 heteroatoms.